The van der Waals surface area contributed by atoms with Gasteiger partial charge in [0, 0.05) is 6.26 Å². The Labute approximate surface area is 66.8 Å². The third kappa shape index (κ3) is 1.51. The minimum Gasteiger partial charge on any atom is -0.504 e. The van der Waals surface area contributed by atoms with Crippen molar-refractivity contribution in [2.24, 2.45) is 0 Å². The van der Waals surface area contributed by atoms with E-state index in [9.17, 15) is 4.21 Å². The van der Waals surface area contributed by atoms with Crippen molar-refractivity contribution in [2.75, 3.05) is 6.26 Å². The summed E-state index contributed by atoms with van der Waals surface area (Å²) in [6.45, 7) is 0. The van der Waals surface area contributed by atoms with Crippen molar-refractivity contribution in [3.8, 4) is 11.5 Å². The summed E-state index contributed by atoms with van der Waals surface area (Å²) in [5, 5.41) is 18.1. The molecule has 0 aliphatic heterocycles. The fourth-order valence-electron chi connectivity index (χ4n) is 0.743. The molecule has 1 unspecified atom stereocenters. The Kier molecular flexibility index (Phi) is 2.14. The second-order valence-electron chi connectivity index (χ2n) is 2.08. The van der Waals surface area contributed by atoms with Crippen molar-refractivity contribution in [1.82, 2.24) is 0 Å². The third-order valence-corrected chi connectivity index (χ3v) is 2.24. The van der Waals surface area contributed by atoms with Gasteiger partial charge in [-0.3, -0.25) is 4.21 Å². The summed E-state index contributed by atoms with van der Waals surface area (Å²) in [5.74, 6) is -0.536. The summed E-state index contributed by atoms with van der Waals surface area (Å²) >= 11 is 0. The molecule has 0 heterocycles. The Balaban J connectivity index is 3.27. The highest BCUT2D eigenvalue weighted by Crippen LogP contribution is 2.29. The lowest BCUT2D eigenvalue weighted by Gasteiger charge is -2.01. The van der Waals surface area contributed by atoms with Crippen molar-refractivity contribution in [1.29, 1.82) is 0 Å². The van der Waals surface area contributed by atoms with Crippen molar-refractivity contribution in [2.45, 2.75) is 4.90 Å². The van der Waals surface area contributed by atoms with E-state index in [1.165, 1.54) is 24.5 Å². The molecule has 0 saturated heterocycles. The van der Waals surface area contributed by atoms with E-state index in [2.05, 4.69) is 0 Å². The van der Waals surface area contributed by atoms with Crippen LogP contribution in [0, 0.1) is 0 Å². The van der Waals surface area contributed by atoms with Gasteiger partial charge < -0.3 is 10.2 Å². The number of rotatable bonds is 1. The van der Waals surface area contributed by atoms with Gasteiger partial charge in [-0.25, -0.2) is 0 Å². The van der Waals surface area contributed by atoms with Crippen LogP contribution in [0.4, 0.5) is 0 Å². The minimum absolute atomic E-state index is 0.238. The van der Waals surface area contributed by atoms with Gasteiger partial charge in [-0.15, -0.1) is 0 Å². The molecule has 1 aromatic carbocycles. The van der Waals surface area contributed by atoms with Gasteiger partial charge in [0.1, 0.15) is 0 Å². The summed E-state index contributed by atoms with van der Waals surface area (Å²) in [4.78, 5) is 0.255. The molecule has 0 amide bonds. The lowest BCUT2D eigenvalue weighted by molar-refractivity contribution is 0.394. The Bertz CT molecular complexity index is 296. The summed E-state index contributed by atoms with van der Waals surface area (Å²) in [6, 6.07) is 4.38. The molecule has 0 saturated carbocycles. The first-order valence-electron chi connectivity index (χ1n) is 2.97. The summed E-state index contributed by atoms with van der Waals surface area (Å²) in [6.07, 6.45) is 1.44. The molecule has 0 aliphatic rings. The summed E-state index contributed by atoms with van der Waals surface area (Å²) in [7, 11) is -1.26. The van der Waals surface area contributed by atoms with Gasteiger partial charge in [0.15, 0.2) is 11.5 Å². The maximum Gasteiger partial charge on any atom is 0.173 e. The molecular formula is C7H8O3S. The van der Waals surface area contributed by atoms with Crippen LogP contribution in [0.1, 0.15) is 0 Å². The molecule has 4 heteroatoms. The van der Waals surface area contributed by atoms with Crippen molar-refractivity contribution in [3.05, 3.63) is 18.2 Å². The molecule has 1 aromatic rings. The van der Waals surface area contributed by atoms with Crippen molar-refractivity contribution >= 4 is 10.8 Å². The number of hydrogen-bond donors (Lipinski definition) is 2. The van der Waals surface area contributed by atoms with E-state index in [1.54, 1.807) is 0 Å². The molecule has 0 spiro atoms. The smallest absolute Gasteiger partial charge is 0.173 e. The summed E-state index contributed by atoms with van der Waals surface area (Å²) < 4.78 is 10.9. The quantitative estimate of drug-likeness (QED) is 0.617. The van der Waals surface area contributed by atoms with Crippen LogP contribution in [-0.4, -0.2) is 20.7 Å². The highest BCUT2D eigenvalue weighted by molar-refractivity contribution is 7.84. The van der Waals surface area contributed by atoms with E-state index < -0.39 is 10.8 Å². The average molecular weight is 172 g/mol. The highest BCUT2D eigenvalue weighted by atomic mass is 32.2. The molecule has 0 aromatic heterocycles. The van der Waals surface area contributed by atoms with Crippen molar-refractivity contribution < 1.29 is 14.4 Å². The second-order valence-corrected chi connectivity index (χ2v) is 3.43. The van der Waals surface area contributed by atoms with Gasteiger partial charge in [0.2, 0.25) is 0 Å². The normalized spacial score (nSPS) is 12.8. The predicted molar refractivity (Wildman–Crippen MR) is 42.1 cm³/mol. The van der Waals surface area contributed by atoms with Crippen LogP contribution in [0.3, 0.4) is 0 Å². The molecule has 1 atom stereocenters. The number of phenols is 2. The maximum absolute atomic E-state index is 10.9. The fourth-order valence-corrected chi connectivity index (χ4v) is 1.39. The molecule has 0 bridgehead atoms. The van der Waals surface area contributed by atoms with Gasteiger partial charge in [-0.2, -0.15) is 0 Å². The zero-order valence-electron chi connectivity index (χ0n) is 5.94. The zero-order chi connectivity index (χ0) is 8.43. The van der Waals surface area contributed by atoms with Crippen LogP contribution < -0.4 is 0 Å². The van der Waals surface area contributed by atoms with Crippen LogP contribution in [0.25, 0.3) is 0 Å². The monoisotopic (exact) mass is 172 g/mol. The lowest BCUT2D eigenvalue weighted by atomic mass is 10.3. The molecular weight excluding hydrogens is 164 g/mol. The Morgan fingerprint density at radius 2 is 2.00 bits per heavy atom. The molecule has 1 rings (SSSR count). The number of phenolic OH excluding ortho intramolecular Hbond substituents is 2. The molecule has 60 valence electrons. The standard InChI is InChI=1S/C7H8O3S/c1-11(10)6-4-2-3-5(8)7(6)9/h2-4,8-9H,1H3. The first kappa shape index (κ1) is 8.07. The van der Waals surface area contributed by atoms with E-state index in [0.717, 1.165) is 0 Å². The summed E-state index contributed by atoms with van der Waals surface area (Å²) in [5.41, 5.74) is 0. The Morgan fingerprint density at radius 3 is 2.45 bits per heavy atom. The number of benzene rings is 1. The molecule has 0 radical (unpaired) electrons. The fraction of sp³-hybridized carbons (Fsp3) is 0.143. The van der Waals surface area contributed by atoms with E-state index in [-0.39, 0.29) is 16.4 Å². The number of hydrogen-bond acceptors (Lipinski definition) is 3. The highest BCUT2D eigenvalue weighted by Gasteiger charge is 2.07. The van der Waals surface area contributed by atoms with Crippen LogP contribution in [0.15, 0.2) is 23.1 Å². The Morgan fingerprint density at radius 1 is 1.36 bits per heavy atom. The average Bonchev–Trinajstić information content (AvgIpc) is 1.94. The van der Waals surface area contributed by atoms with E-state index in [0.29, 0.717) is 0 Å². The largest absolute Gasteiger partial charge is 0.504 e. The van der Waals surface area contributed by atoms with E-state index >= 15 is 0 Å². The number of para-hydroxylation sites is 1. The van der Waals surface area contributed by atoms with Crippen LogP contribution in [0.5, 0.6) is 11.5 Å². The molecule has 3 nitrogen and oxygen atoms in total. The van der Waals surface area contributed by atoms with Gasteiger partial charge in [0.05, 0.1) is 15.7 Å². The van der Waals surface area contributed by atoms with Gasteiger partial charge in [-0.1, -0.05) is 6.07 Å². The van der Waals surface area contributed by atoms with E-state index in [1.807, 2.05) is 0 Å². The molecule has 2 N–H and O–H groups in total. The topological polar surface area (TPSA) is 57.5 Å². The molecule has 0 fully saturated rings. The van der Waals surface area contributed by atoms with Crippen LogP contribution in [-0.2, 0) is 10.8 Å². The zero-order valence-corrected chi connectivity index (χ0v) is 6.76. The Hall–Kier alpha value is -1.03. The lowest BCUT2D eigenvalue weighted by Crippen LogP contribution is -1.87. The van der Waals surface area contributed by atoms with Gasteiger partial charge in [-0.05, 0) is 12.1 Å². The van der Waals surface area contributed by atoms with Crippen LogP contribution >= 0.6 is 0 Å². The van der Waals surface area contributed by atoms with Crippen LogP contribution in [0.2, 0.25) is 0 Å². The van der Waals surface area contributed by atoms with Gasteiger partial charge in [0.25, 0.3) is 0 Å². The maximum atomic E-state index is 10.9. The van der Waals surface area contributed by atoms with E-state index in [4.69, 9.17) is 10.2 Å². The SMILES string of the molecule is CS(=O)c1cccc(O)c1O. The first-order valence-corrected chi connectivity index (χ1v) is 4.53. The van der Waals surface area contributed by atoms with Crippen molar-refractivity contribution in [3.63, 3.8) is 0 Å². The number of aromatic hydroxyl groups is 2. The first-order chi connectivity index (χ1) is 5.13. The predicted octanol–water partition coefficient (Wildman–Crippen LogP) is 0.835. The second kappa shape index (κ2) is 2.92. The van der Waals surface area contributed by atoms with Gasteiger partial charge >= 0.3 is 0 Å². The molecule has 11 heavy (non-hydrogen) atoms. The third-order valence-electron chi connectivity index (χ3n) is 1.29. The minimum atomic E-state index is -1.26. The molecule has 0 aliphatic carbocycles.